The van der Waals surface area contributed by atoms with Crippen molar-refractivity contribution in [1.29, 1.82) is 0 Å². The molecule has 0 fully saturated rings. The molecule has 0 atom stereocenters. The van der Waals surface area contributed by atoms with Crippen LogP contribution in [0.15, 0.2) is 66.7 Å². The molecule has 3 rings (SSSR count). The number of ether oxygens (including phenoxy) is 3. The fourth-order valence-corrected chi connectivity index (χ4v) is 4.57. The number of Topliss-reactive ketones (excluding diaryl/α,β-unsaturated/α-hetero) is 1. The molecule has 0 aliphatic rings. The average molecular weight is 573 g/mol. The summed E-state index contributed by atoms with van der Waals surface area (Å²) in [5.41, 5.74) is 3.85. The van der Waals surface area contributed by atoms with E-state index in [9.17, 15) is 19.2 Å². The van der Waals surface area contributed by atoms with Crippen molar-refractivity contribution >= 4 is 23.5 Å². The molecule has 7 nitrogen and oxygen atoms in total. The predicted octanol–water partition coefficient (Wildman–Crippen LogP) is 6.97. The molecular weight excluding hydrogens is 532 g/mol. The van der Waals surface area contributed by atoms with Gasteiger partial charge in [-0.3, -0.25) is 14.4 Å². The summed E-state index contributed by atoms with van der Waals surface area (Å²) in [7, 11) is 0. The van der Waals surface area contributed by atoms with Gasteiger partial charge < -0.3 is 14.2 Å². The lowest BCUT2D eigenvalue weighted by Gasteiger charge is -2.13. The molecule has 0 unspecified atom stereocenters. The van der Waals surface area contributed by atoms with Crippen LogP contribution in [0.5, 0.6) is 5.75 Å². The first-order chi connectivity index (χ1) is 20.3. The molecule has 0 aromatic heterocycles. The standard InChI is InChI=1S/C35H40O7/c1-4-40-33(37)21-19-28-23-30(34(38)29-12-10-13-31(24-29)35(39)41-5-2)18-20-32(28)42-22-9-7-6-8-11-26-14-16-27(17-15-26)25(3)36/h10,12-18,20,23-24H,4-9,11,19,21-22H2,1-3H3. The molecule has 0 spiro atoms. The SMILES string of the molecule is CCOC(=O)CCc1cc(C(=O)c2cccc(C(=O)OCC)c2)ccc1OCCCCCCc1ccc(C(C)=O)cc1. The number of rotatable bonds is 17. The smallest absolute Gasteiger partial charge is 0.338 e. The lowest BCUT2D eigenvalue weighted by Crippen LogP contribution is -2.09. The summed E-state index contributed by atoms with van der Waals surface area (Å²) in [5.74, 6) is -0.303. The summed E-state index contributed by atoms with van der Waals surface area (Å²) >= 11 is 0. The van der Waals surface area contributed by atoms with Crippen LogP contribution in [0.2, 0.25) is 0 Å². The zero-order valence-corrected chi connectivity index (χ0v) is 24.8. The molecule has 0 bridgehead atoms. The van der Waals surface area contributed by atoms with Gasteiger partial charge in [-0.15, -0.1) is 0 Å². The van der Waals surface area contributed by atoms with E-state index in [0.717, 1.165) is 43.2 Å². The van der Waals surface area contributed by atoms with Crippen LogP contribution in [0.1, 0.15) is 101 Å². The normalized spacial score (nSPS) is 10.6. The third kappa shape index (κ3) is 9.98. The summed E-state index contributed by atoms with van der Waals surface area (Å²) in [6.07, 6.45) is 5.52. The number of hydrogen-bond acceptors (Lipinski definition) is 7. The van der Waals surface area contributed by atoms with Gasteiger partial charge in [0.05, 0.1) is 25.4 Å². The fraction of sp³-hybridized carbons (Fsp3) is 0.371. The van der Waals surface area contributed by atoms with Gasteiger partial charge in [-0.1, -0.05) is 49.2 Å². The first-order valence-corrected chi connectivity index (χ1v) is 14.7. The molecule has 3 aromatic carbocycles. The molecule has 0 radical (unpaired) electrons. The Morgan fingerprint density at radius 2 is 1.33 bits per heavy atom. The van der Waals surface area contributed by atoms with E-state index in [4.69, 9.17) is 14.2 Å². The van der Waals surface area contributed by atoms with Crippen molar-refractivity contribution < 1.29 is 33.4 Å². The average Bonchev–Trinajstić information content (AvgIpc) is 3.00. The topological polar surface area (TPSA) is 96.0 Å². The van der Waals surface area contributed by atoms with E-state index < -0.39 is 5.97 Å². The van der Waals surface area contributed by atoms with Crippen LogP contribution in [-0.2, 0) is 27.1 Å². The summed E-state index contributed by atoms with van der Waals surface area (Å²) in [6, 6.07) is 19.5. The Bertz CT molecular complexity index is 1360. The number of esters is 2. The predicted molar refractivity (Wildman–Crippen MR) is 161 cm³/mol. The van der Waals surface area contributed by atoms with Crippen LogP contribution in [-0.4, -0.2) is 43.3 Å². The van der Waals surface area contributed by atoms with Gasteiger partial charge in [-0.25, -0.2) is 4.79 Å². The number of benzene rings is 3. The minimum absolute atomic E-state index is 0.0765. The van der Waals surface area contributed by atoms with E-state index in [1.165, 1.54) is 11.6 Å². The van der Waals surface area contributed by atoms with Crippen molar-refractivity contribution in [2.45, 2.75) is 65.7 Å². The zero-order chi connectivity index (χ0) is 30.3. The van der Waals surface area contributed by atoms with Crippen molar-refractivity contribution in [2.75, 3.05) is 19.8 Å². The van der Waals surface area contributed by atoms with E-state index in [2.05, 4.69) is 0 Å². The van der Waals surface area contributed by atoms with Crippen LogP contribution in [0.3, 0.4) is 0 Å². The molecular formula is C35H40O7. The number of ketones is 2. The Labute approximate surface area is 248 Å². The molecule has 0 aliphatic heterocycles. The Morgan fingerprint density at radius 1 is 0.667 bits per heavy atom. The maximum Gasteiger partial charge on any atom is 0.338 e. The van der Waals surface area contributed by atoms with Gasteiger partial charge in [-0.05, 0) is 87.9 Å². The zero-order valence-electron chi connectivity index (χ0n) is 24.8. The van der Waals surface area contributed by atoms with Gasteiger partial charge in [-0.2, -0.15) is 0 Å². The summed E-state index contributed by atoms with van der Waals surface area (Å²) in [4.78, 5) is 48.9. The highest BCUT2D eigenvalue weighted by molar-refractivity contribution is 6.10. The highest BCUT2D eigenvalue weighted by atomic mass is 16.5. The van der Waals surface area contributed by atoms with E-state index >= 15 is 0 Å². The molecule has 0 saturated carbocycles. The molecule has 0 heterocycles. The first-order valence-electron chi connectivity index (χ1n) is 14.7. The minimum atomic E-state index is -0.477. The fourth-order valence-electron chi connectivity index (χ4n) is 4.57. The molecule has 3 aromatic rings. The molecule has 0 amide bonds. The van der Waals surface area contributed by atoms with Gasteiger partial charge in [0.1, 0.15) is 5.75 Å². The summed E-state index contributed by atoms with van der Waals surface area (Å²) in [6.45, 7) is 6.15. The summed E-state index contributed by atoms with van der Waals surface area (Å²) in [5, 5.41) is 0. The van der Waals surface area contributed by atoms with E-state index in [1.807, 2.05) is 24.3 Å². The number of hydrogen-bond donors (Lipinski definition) is 0. The van der Waals surface area contributed by atoms with E-state index in [0.29, 0.717) is 42.1 Å². The van der Waals surface area contributed by atoms with Crippen LogP contribution in [0, 0.1) is 0 Å². The second kappa shape index (κ2) is 16.9. The van der Waals surface area contributed by atoms with Gasteiger partial charge in [0.15, 0.2) is 11.6 Å². The Balaban J connectivity index is 1.59. The number of unbranched alkanes of at least 4 members (excludes halogenated alkanes) is 3. The number of carbonyl (C=O) groups is 4. The molecule has 0 aliphatic carbocycles. The van der Waals surface area contributed by atoms with Crippen LogP contribution >= 0.6 is 0 Å². The molecule has 7 heteroatoms. The maximum atomic E-state index is 13.3. The second-order valence-corrected chi connectivity index (χ2v) is 10.0. The minimum Gasteiger partial charge on any atom is -0.493 e. The van der Waals surface area contributed by atoms with E-state index in [-0.39, 0.29) is 30.6 Å². The summed E-state index contributed by atoms with van der Waals surface area (Å²) < 4.78 is 16.2. The lowest BCUT2D eigenvalue weighted by molar-refractivity contribution is -0.143. The van der Waals surface area contributed by atoms with E-state index in [1.54, 1.807) is 57.2 Å². The quantitative estimate of drug-likeness (QED) is 0.0979. The third-order valence-corrected chi connectivity index (χ3v) is 6.84. The maximum absolute atomic E-state index is 13.3. The third-order valence-electron chi connectivity index (χ3n) is 6.84. The largest absolute Gasteiger partial charge is 0.493 e. The molecule has 42 heavy (non-hydrogen) atoms. The Kier molecular flexibility index (Phi) is 13.0. The van der Waals surface area contributed by atoms with Crippen LogP contribution in [0.4, 0.5) is 0 Å². The highest BCUT2D eigenvalue weighted by Crippen LogP contribution is 2.25. The van der Waals surface area contributed by atoms with Gasteiger partial charge in [0, 0.05) is 23.1 Å². The van der Waals surface area contributed by atoms with Crippen molar-refractivity contribution in [3.63, 3.8) is 0 Å². The molecule has 0 saturated heterocycles. The lowest BCUT2D eigenvalue weighted by atomic mass is 9.98. The molecule has 222 valence electrons. The first kappa shape index (κ1) is 32.3. The van der Waals surface area contributed by atoms with Gasteiger partial charge in [0.25, 0.3) is 0 Å². The Morgan fingerprint density at radius 3 is 2.05 bits per heavy atom. The number of aryl methyl sites for hydroxylation is 2. The van der Waals surface area contributed by atoms with Crippen LogP contribution < -0.4 is 4.74 Å². The monoisotopic (exact) mass is 572 g/mol. The van der Waals surface area contributed by atoms with Gasteiger partial charge >= 0.3 is 11.9 Å². The van der Waals surface area contributed by atoms with Gasteiger partial charge in [0.2, 0.25) is 0 Å². The number of carbonyl (C=O) groups excluding carboxylic acids is 4. The Hall–Kier alpha value is -4.26. The van der Waals surface area contributed by atoms with Crippen molar-refractivity contribution in [3.05, 3.63) is 100 Å². The molecule has 0 N–H and O–H groups in total. The van der Waals surface area contributed by atoms with Crippen LogP contribution in [0.25, 0.3) is 0 Å². The second-order valence-electron chi connectivity index (χ2n) is 10.0. The van der Waals surface area contributed by atoms with Crippen molar-refractivity contribution in [1.82, 2.24) is 0 Å². The van der Waals surface area contributed by atoms with Crippen molar-refractivity contribution in [2.24, 2.45) is 0 Å². The highest BCUT2D eigenvalue weighted by Gasteiger charge is 2.16. The van der Waals surface area contributed by atoms with Crippen molar-refractivity contribution in [3.8, 4) is 5.75 Å².